The van der Waals surface area contributed by atoms with Gasteiger partial charge in [0.05, 0.1) is 5.92 Å². The van der Waals surface area contributed by atoms with E-state index in [4.69, 9.17) is 15.6 Å². The van der Waals surface area contributed by atoms with Gasteiger partial charge in [0.25, 0.3) is 0 Å². The first kappa shape index (κ1) is 24.3. The molecule has 0 aliphatic heterocycles. The summed E-state index contributed by atoms with van der Waals surface area (Å²) in [6.45, 7) is 2.32. The number of hydrogen-bond donors (Lipinski definition) is 4. The maximum Gasteiger partial charge on any atom is 0.410 e. The molecule has 0 aromatic rings. The van der Waals surface area contributed by atoms with Gasteiger partial charge in [0.1, 0.15) is 6.29 Å². The van der Waals surface area contributed by atoms with Crippen molar-refractivity contribution in [3.8, 4) is 0 Å². The zero-order valence-corrected chi connectivity index (χ0v) is 15.8. The SMILES string of the molecule is CC(C)N.O=C(O)COP(=O)(O)CNC(=O)OCOC(=O)C1CCCC1. The summed E-state index contributed by atoms with van der Waals surface area (Å²) in [5.41, 5.74) is 5.11. The highest BCUT2D eigenvalue weighted by Crippen LogP contribution is 2.39. The molecule has 1 aliphatic carbocycles. The second-order valence-corrected chi connectivity index (χ2v) is 7.73. The number of amides is 1. The third kappa shape index (κ3) is 13.6. The van der Waals surface area contributed by atoms with Gasteiger partial charge in [-0.05, 0) is 18.9 Å². The summed E-state index contributed by atoms with van der Waals surface area (Å²) in [5.74, 6) is -2.03. The first-order chi connectivity index (χ1) is 12.0. The Hall–Kier alpha value is -1.68. The second kappa shape index (κ2) is 12.6. The number of nitrogens with one attached hydrogen (secondary N) is 1. The van der Waals surface area contributed by atoms with Gasteiger partial charge in [0, 0.05) is 0 Å². The minimum Gasteiger partial charge on any atom is -0.480 e. The molecule has 0 heterocycles. The Labute approximate surface area is 151 Å². The number of alkyl carbamates (subject to hydrolysis) is 1. The topological polar surface area (TPSA) is 174 Å². The molecular weight excluding hydrogens is 371 g/mol. The van der Waals surface area contributed by atoms with Crippen molar-refractivity contribution in [2.24, 2.45) is 11.7 Å². The Morgan fingerprint density at radius 1 is 1.23 bits per heavy atom. The Balaban J connectivity index is 0.00000141. The lowest BCUT2D eigenvalue weighted by molar-refractivity contribution is -0.156. The Morgan fingerprint density at radius 2 is 1.77 bits per heavy atom. The predicted molar refractivity (Wildman–Crippen MR) is 90.1 cm³/mol. The molecule has 1 aliphatic rings. The minimum atomic E-state index is -4.27. The summed E-state index contributed by atoms with van der Waals surface area (Å²) in [6.07, 6.45) is 1.51. The third-order valence-corrected chi connectivity index (χ3v) is 3.98. The lowest BCUT2D eigenvalue weighted by Gasteiger charge is -2.12. The molecule has 0 spiro atoms. The second-order valence-electron chi connectivity index (χ2n) is 5.88. The van der Waals surface area contributed by atoms with Gasteiger partial charge in [0.2, 0.25) is 6.79 Å². The molecule has 0 saturated heterocycles. The van der Waals surface area contributed by atoms with Crippen LogP contribution in [-0.4, -0.2) is 53.8 Å². The van der Waals surface area contributed by atoms with E-state index in [2.05, 4.69) is 9.26 Å². The number of nitrogens with two attached hydrogens (primary N) is 1. The lowest BCUT2D eigenvalue weighted by atomic mass is 10.1. The van der Waals surface area contributed by atoms with Crippen molar-refractivity contribution in [2.75, 3.05) is 19.7 Å². The van der Waals surface area contributed by atoms with Crippen LogP contribution in [0.25, 0.3) is 0 Å². The van der Waals surface area contributed by atoms with E-state index in [9.17, 15) is 23.8 Å². The summed E-state index contributed by atoms with van der Waals surface area (Å²) >= 11 is 0. The number of hydrogen-bond acceptors (Lipinski definition) is 8. The fraction of sp³-hybridized carbons (Fsp3) is 0.786. The summed E-state index contributed by atoms with van der Waals surface area (Å²) in [7, 11) is -4.27. The van der Waals surface area contributed by atoms with Crippen molar-refractivity contribution in [2.45, 2.75) is 45.6 Å². The highest BCUT2D eigenvalue weighted by molar-refractivity contribution is 7.52. The van der Waals surface area contributed by atoms with Gasteiger partial charge in [-0.2, -0.15) is 0 Å². The molecule has 1 fully saturated rings. The molecule has 0 aromatic heterocycles. The van der Waals surface area contributed by atoms with E-state index in [1.165, 1.54) is 0 Å². The highest BCUT2D eigenvalue weighted by Gasteiger charge is 2.25. The minimum absolute atomic E-state index is 0.172. The Bertz CT molecular complexity index is 504. The van der Waals surface area contributed by atoms with Crippen LogP contribution in [0.2, 0.25) is 0 Å². The van der Waals surface area contributed by atoms with E-state index in [1.54, 1.807) is 0 Å². The summed E-state index contributed by atoms with van der Waals surface area (Å²) < 4.78 is 24.7. The van der Waals surface area contributed by atoms with E-state index >= 15 is 0 Å². The number of carbonyl (C=O) groups is 3. The number of rotatable bonds is 8. The van der Waals surface area contributed by atoms with Gasteiger partial charge in [-0.3, -0.25) is 13.9 Å². The van der Waals surface area contributed by atoms with Gasteiger partial charge in [-0.25, -0.2) is 9.59 Å². The molecule has 0 aromatic carbocycles. The van der Waals surface area contributed by atoms with Crippen LogP contribution in [0.1, 0.15) is 39.5 Å². The Morgan fingerprint density at radius 3 is 2.27 bits per heavy atom. The van der Waals surface area contributed by atoms with E-state index in [0.29, 0.717) is 6.04 Å². The average Bonchev–Trinajstić information content (AvgIpc) is 3.05. The zero-order chi connectivity index (χ0) is 20.2. The van der Waals surface area contributed by atoms with Crippen LogP contribution in [0.15, 0.2) is 0 Å². The molecule has 26 heavy (non-hydrogen) atoms. The van der Waals surface area contributed by atoms with E-state index in [1.807, 2.05) is 19.2 Å². The van der Waals surface area contributed by atoms with Crippen molar-refractivity contribution in [3.05, 3.63) is 0 Å². The molecule has 1 amide bonds. The predicted octanol–water partition coefficient (Wildman–Crippen LogP) is 1.00. The van der Waals surface area contributed by atoms with Crippen LogP contribution in [-0.2, 0) is 28.2 Å². The number of carboxylic acids is 1. The maximum atomic E-state index is 11.5. The van der Waals surface area contributed by atoms with Crippen molar-refractivity contribution in [1.29, 1.82) is 0 Å². The first-order valence-corrected chi connectivity index (χ1v) is 9.80. The van der Waals surface area contributed by atoms with Crippen molar-refractivity contribution >= 4 is 25.6 Å². The van der Waals surface area contributed by atoms with Gasteiger partial charge < -0.3 is 30.5 Å². The largest absolute Gasteiger partial charge is 0.480 e. The van der Waals surface area contributed by atoms with Gasteiger partial charge in [0.15, 0.2) is 6.61 Å². The molecule has 1 atom stereocenters. The molecule has 0 radical (unpaired) electrons. The van der Waals surface area contributed by atoms with Crippen molar-refractivity contribution < 1.29 is 42.9 Å². The smallest absolute Gasteiger partial charge is 0.410 e. The van der Waals surface area contributed by atoms with Crippen molar-refractivity contribution in [1.82, 2.24) is 5.32 Å². The molecule has 1 unspecified atom stereocenters. The molecule has 0 bridgehead atoms. The van der Waals surface area contributed by atoms with Crippen LogP contribution in [0.3, 0.4) is 0 Å². The zero-order valence-electron chi connectivity index (χ0n) is 14.9. The van der Waals surface area contributed by atoms with Gasteiger partial charge in [-0.15, -0.1) is 0 Å². The van der Waals surface area contributed by atoms with Gasteiger partial charge in [-0.1, -0.05) is 26.7 Å². The standard InChI is InChI=1S/C11H18NO9P.C3H9N/c13-9(14)5-21-22(17,18)6-12-11(16)20-7-19-10(15)8-3-1-2-4-8;1-3(2)4/h8H,1-7H2,(H,12,16)(H,13,14)(H,17,18);3H,4H2,1-2H3. The normalized spacial score (nSPS) is 16.2. The molecule has 1 saturated carbocycles. The van der Waals surface area contributed by atoms with E-state index in [-0.39, 0.29) is 5.92 Å². The molecule has 152 valence electrons. The monoisotopic (exact) mass is 398 g/mol. The number of aliphatic carboxylic acids is 1. The van der Waals surface area contributed by atoms with Crippen molar-refractivity contribution in [3.63, 3.8) is 0 Å². The first-order valence-electron chi connectivity index (χ1n) is 8.04. The van der Waals surface area contributed by atoms with E-state index in [0.717, 1.165) is 25.7 Å². The molecular formula is C14H27N2O9P. The van der Waals surface area contributed by atoms with Crippen LogP contribution in [0, 0.1) is 5.92 Å². The number of esters is 1. The molecule has 1 rings (SSSR count). The Kier molecular flexibility index (Phi) is 11.8. The quantitative estimate of drug-likeness (QED) is 0.262. The lowest BCUT2D eigenvalue weighted by Crippen LogP contribution is -2.28. The highest BCUT2D eigenvalue weighted by atomic mass is 31.2. The van der Waals surface area contributed by atoms with Crippen LogP contribution >= 0.6 is 7.60 Å². The summed E-state index contributed by atoms with van der Waals surface area (Å²) in [4.78, 5) is 42.1. The fourth-order valence-corrected chi connectivity index (χ4v) is 2.57. The number of ether oxygens (including phenoxy) is 2. The average molecular weight is 398 g/mol. The molecule has 12 heteroatoms. The van der Waals surface area contributed by atoms with Crippen LogP contribution in [0.4, 0.5) is 4.79 Å². The van der Waals surface area contributed by atoms with Crippen LogP contribution < -0.4 is 11.1 Å². The van der Waals surface area contributed by atoms with Crippen LogP contribution in [0.5, 0.6) is 0 Å². The summed E-state index contributed by atoms with van der Waals surface area (Å²) in [6, 6.07) is 0.333. The third-order valence-electron chi connectivity index (χ3n) is 2.89. The number of carbonyl (C=O) groups excluding carboxylic acids is 2. The van der Waals surface area contributed by atoms with E-state index < -0.39 is 45.3 Å². The molecule has 5 N–H and O–H groups in total. The number of carboxylic acid groups (broad SMARTS) is 1. The maximum absolute atomic E-state index is 11.5. The van der Waals surface area contributed by atoms with Gasteiger partial charge >= 0.3 is 25.6 Å². The fourth-order valence-electron chi connectivity index (χ4n) is 1.84. The summed E-state index contributed by atoms with van der Waals surface area (Å²) in [5, 5.41) is 10.2. The molecule has 11 nitrogen and oxygen atoms in total.